The molecule has 2 N–H and O–H groups in total. The van der Waals surface area contributed by atoms with Gasteiger partial charge in [-0.05, 0) is 55.2 Å². The highest BCUT2D eigenvalue weighted by Gasteiger charge is 2.33. The molecule has 180 valence electrons. The van der Waals surface area contributed by atoms with Crippen LogP contribution in [0.25, 0.3) is 11.5 Å². The summed E-state index contributed by atoms with van der Waals surface area (Å²) in [5, 5.41) is 5.76. The van der Waals surface area contributed by atoms with Crippen LogP contribution in [0.2, 0.25) is 0 Å². The number of anilines is 3. The predicted molar refractivity (Wildman–Crippen MR) is 113 cm³/mol. The second kappa shape index (κ2) is 9.43. The molecule has 4 bridgehead atoms. The number of rotatable bonds is 1. The largest absolute Gasteiger partial charge is 0.433 e. The van der Waals surface area contributed by atoms with Crippen molar-refractivity contribution in [2.24, 2.45) is 0 Å². The smallest absolute Gasteiger partial charge is 0.354 e. The SMILES string of the molecule is FC(F)(F)c1cc2cc(c1)Nc1nc(nc(-c3cccc(C(F)(F)F)n3)n1)NCCCCCC2. The molecule has 4 rings (SSSR count). The van der Waals surface area contributed by atoms with Gasteiger partial charge in [-0.15, -0.1) is 0 Å². The number of pyridine rings is 1. The zero-order valence-corrected chi connectivity index (χ0v) is 17.8. The van der Waals surface area contributed by atoms with E-state index in [9.17, 15) is 26.3 Å². The fraction of sp³-hybridized carbons (Fsp3) is 0.364. The molecule has 6 nitrogen and oxygen atoms in total. The van der Waals surface area contributed by atoms with Crippen molar-refractivity contribution in [1.29, 1.82) is 0 Å². The Bertz CT molecular complexity index is 1160. The Morgan fingerprint density at radius 1 is 0.735 bits per heavy atom. The summed E-state index contributed by atoms with van der Waals surface area (Å²) in [7, 11) is 0. The zero-order chi connectivity index (χ0) is 24.3. The Morgan fingerprint density at radius 2 is 1.50 bits per heavy atom. The first-order valence-corrected chi connectivity index (χ1v) is 10.6. The molecule has 3 heterocycles. The van der Waals surface area contributed by atoms with Crippen LogP contribution in [0.5, 0.6) is 0 Å². The monoisotopic (exact) mass is 482 g/mol. The standard InChI is InChI=1S/C22H20F6N6/c23-21(24,25)14-10-13-6-3-1-2-4-9-29-19-32-18(33-20(34-19)30-15(11-13)12-14)16-7-5-8-17(31-16)22(26,27)28/h5,7-8,10-12H,1-4,6,9H2,(H2,29,30,32,33,34). The average molecular weight is 482 g/mol. The van der Waals surface area contributed by atoms with Crippen LogP contribution >= 0.6 is 0 Å². The maximum atomic E-state index is 13.4. The maximum Gasteiger partial charge on any atom is 0.433 e. The van der Waals surface area contributed by atoms with E-state index in [-0.39, 0.29) is 29.1 Å². The number of fused-ring (bicyclic) bond motifs is 4. The van der Waals surface area contributed by atoms with Gasteiger partial charge < -0.3 is 10.6 Å². The fourth-order valence-electron chi connectivity index (χ4n) is 3.55. The van der Waals surface area contributed by atoms with Crippen LogP contribution in [0, 0.1) is 0 Å². The molecule has 0 fully saturated rings. The molecule has 0 atom stereocenters. The number of aryl methyl sites for hydroxylation is 1. The van der Waals surface area contributed by atoms with E-state index in [1.165, 1.54) is 12.1 Å². The molecule has 0 aliphatic carbocycles. The summed E-state index contributed by atoms with van der Waals surface area (Å²) >= 11 is 0. The topological polar surface area (TPSA) is 75.6 Å². The molecule has 1 aliphatic rings. The van der Waals surface area contributed by atoms with Gasteiger partial charge in [-0.1, -0.05) is 18.9 Å². The Hall–Kier alpha value is -3.44. The van der Waals surface area contributed by atoms with Crippen molar-refractivity contribution in [3.63, 3.8) is 0 Å². The number of halogens is 6. The number of nitrogens with zero attached hydrogens (tertiary/aromatic N) is 4. The summed E-state index contributed by atoms with van der Waals surface area (Å²) in [6, 6.07) is 6.97. The molecule has 34 heavy (non-hydrogen) atoms. The number of alkyl halides is 6. The van der Waals surface area contributed by atoms with Gasteiger partial charge in [0.1, 0.15) is 11.4 Å². The molecule has 3 aromatic rings. The summed E-state index contributed by atoms with van der Waals surface area (Å²) in [5.74, 6) is -0.185. The van der Waals surface area contributed by atoms with Crippen molar-refractivity contribution in [2.45, 2.75) is 44.5 Å². The second-order valence-corrected chi connectivity index (χ2v) is 7.84. The van der Waals surface area contributed by atoms with Crippen molar-refractivity contribution in [3.05, 3.63) is 53.2 Å². The first-order valence-electron chi connectivity index (χ1n) is 10.6. The normalized spacial score (nSPS) is 15.1. The van der Waals surface area contributed by atoms with E-state index in [4.69, 9.17) is 0 Å². The Balaban J connectivity index is 1.77. The molecule has 0 saturated carbocycles. The third kappa shape index (κ3) is 5.91. The number of nitrogens with one attached hydrogen (secondary N) is 2. The first-order chi connectivity index (χ1) is 16.1. The summed E-state index contributed by atoms with van der Waals surface area (Å²) < 4.78 is 79.7. The van der Waals surface area contributed by atoms with Crippen LogP contribution in [0.3, 0.4) is 0 Å². The lowest BCUT2D eigenvalue weighted by Gasteiger charge is -2.15. The quantitative estimate of drug-likeness (QED) is 0.400. The summed E-state index contributed by atoms with van der Waals surface area (Å²) in [4.78, 5) is 16.1. The Morgan fingerprint density at radius 3 is 2.26 bits per heavy atom. The van der Waals surface area contributed by atoms with Crippen molar-refractivity contribution in [2.75, 3.05) is 17.2 Å². The maximum absolute atomic E-state index is 13.4. The van der Waals surface area contributed by atoms with Crippen molar-refractivity contribution < 1.29 is 26.3 Å². The summed E-state index contributed by atoms with van der Waals surface area (Å²) in [5.41, 5.74) is -1.44. The lowest BCUT2D eigenvalue weighted by Crippen LogP contribution is -2.12. The minimum atomic E-state index is -4.66. The highest BCUT2D eigenvalue weighted by atomic mass is 19.4. The van der Waals surface area contributed by atoms with E-state index < -0.39 is 23.6 Å². The molecule has 0 unspecified atom stereocenters. The first kappa shape index (κ1) is 23.7. The van der Waals surface area contributed by atoms with Gasteiger partial charge in [-0.3, -0.25) is 0 Å². The molecule has 12 heteroatoms. The number of aromatic nitrogens is 4. The minimum Gasteiger partial charge on any atom is -0.354 e. The van der Waals surface area contributed by atoms with Crippen LogP contribution in [-0.4, -0.2) is 26.5 Å². The van der Waals surface area contributed by atoms with Gasteiger partial charge in [-0.2, -0.15) is 41.3 Å². The molecular weight excluding hydrogens is 462 g/mol. The highest BCUT2D eigenvalue weighted by molar-refractivity contribution is 5.60. The average Bonchev–Trinajstić information content (AvgIpc) is 2.76. The molecule has 0 radical (unpaired) electrons. The number of benzene rings is 1. The van der Waals surface area contributed by atoms with Crippen LogP contribution in [0.4, 0.5) is 43.9 Å². The van der Waals surface area contributed by atoms with Crippen LogP contribution in [0.1, 0.15) is 42.5 Å². The molecular formula is C22H20F6N6. The third-order valence-corrected chi connectivity index (χ3v) is 5.16. The van der Waals surface area contributed by atoms with Crippen LogP contribution in [0.15, 0.2) is 36.4 Å². The van der Waals surface area contributed by atoms with Crippen LogP contribution in [-0.2, 0) is 18.8 Å². The van der Waals surface area contributed by atoms with Crippen molar-refractivity contribution in [3.8, 4) is 11.5 Å². The van der Waals surface area contributed by atoms with E-state index in [1.54, 1.807) is 6.07 Å². The van der Waals surface area contributed by atoms with Gasteiger partial charge in [0, 0.05) is 12.2 Å². The minimum absolute atomic E-state index is 0.0796. The Labute approximate surface area is 190 Å². The van der Waals surface area contributed by atoms with Gasteiger partial charge in [0.15, 0.2) is 5.82 Å². The molecule has 0 spiro atoms. The molecule has 1 aliphatic heterocycles. The van der Waals surface area contributed by atoms with E-state index in [0.717, 1.165) is 43.9 Å². The van der Waals surface area contributed by atoms with Gasteiger partial charge in [0.2, 0.25) is 11.9 Å². The van der Waals surface area contributed by atoms with Crippen molar-refractivity contribution >= 4 is 17.6 Å². The lowest BCUT2D eigenvalue weighted by atomic mass is 10.0. The Kier molecular flexibility index (Phi) is 6.58. The van der Waals surface area contributed by atoms with E-state index in [2.05, 4.69) is 30.6 Å². The molecule has 0 amide bonds. The zero-order valence-electron chi connectivity index (χ0n) is 17.8. The van der Waals surface area contributed by atoms with Gasteiger partial charge in [-0.25, -0.2) is 4.98 Å². The van der Waals surface area contributed by atoms with Gasteiger partial charge in [0.05, 0.1) is 5.56 Å². The third-order valence-electron chi connectivity index (χ3n) is 5.16. The second-order valence-electron chi connectivity index (χ2n) is 7.84. The van der Waals surface area contributed by atoms with Gasteiger partial charge >= 0.3 is 12.4 Å². The van der Waals surface area contributed by atoms with E-state index in [1.807, 2.05) is 0 Å². The van der Waals surface area contributed by atoms with E-state index in [0.29, 0.717) is 18.5 Å². The van der Waals surface area contributed by atoms with Crippen molar-refractivity contribution in [1.82, 2.24) is 19.9 Å². The molecule has 2 aromatic heterocycles. The molecule has 1 aromatic carbocycles. The lowest BCUT2D eigenvalue weighted by molar-refractivity contribution is -0.141. The van der Waals surface area contributed by atoms with Crippen LogP contribution < -0.4 is 10.6 Å². The predicted octanol–water partition coefficient (Wildman–Crippen LogP) is 6.24. The molecule has 0 saturated heterocycles. The van der Waals surface area contributed by atoms with Gasteiger partial charge in [0.25, 0.3) is 0 Å². The van der Waals surface area contributed by atoms with E-state index >= 15 is 0 Å². The summed E-state index contributed by atoms with van der Waals surface area (Å²) in [6.45, 7) is 0.516. The highest BCUT2D eigenvalue weighted by Crippen LogP contribution is 2.33. The summed E-state index contributed by atoms with van der Waals surface area (Å²) in [6.07, 6.45) is -5.54. The number of hydrogen-bond acceptors (Lipinski definition) is 6. The number of hydrogen-bond donors (Lipinski definition) is 2. The fourth-order valence-corrected chi connectivity index (χ4v) is 3.55.